The molecule has 2 aromatic carbocycles. The Kier molecular flexibility index (Phi) is 5.97. The molecule has 3 rings (SSSR count). The van der Waals surface area contributed by atoms with Gasteiger partial charge in [-0.15, -0.1) is 0 Å². The second kappa shape index (κ2) is 8.39. The summed E-state index contributed by atoms with van der Waals surface area (Å²) in [5, 5.41) is 3.25. The van der Waals surface area contributed by atoms with Crippen molar-refractivity contribution in [1.82, 2.24) is 5.32 Å². The topological polar surface area (TPSA) is 38.3 Å². The van der Waals surface area contributed by atoms with Crippen LogP contribution in [0.3, 0.4) is 0 Å². The lowest BCUT2D eigenvalue weighted by Crippen LogP contribution is -2.29. The van der Waals surface area contributed by atoms with Crippen LogP contribution in [0.25, 0.3) is 0 Å². The number of aryl methyl sites for hydroxylation is 2. The van der Waals surface area contributed by atoms with E-state index in [0.29, 0.717) is 5.92 Å². The van der Waals surface area contributed by atoms with Crippen LogP contribution in [0.2, 0.25) is 0 Å². The van der Waals surface area contributed by atoms with Gasteiger partial charge in [0, 0.05) is 5.56 Å². The number of hydrogen-bond donors (Lipinski definition) is 1. The fourth-order valence-corrected chi connectivity index (χ4v) is 3.70. The van der Waals surface area contributed by atoms with E-state index >= 15 is 0 Å². The highest BCUT2D eigenvalue weighted by Gasteiger charge is 2.19. The molecule has 0 radical (unpaired) electrons. The van der Waals surface area contributed by atoms with Gasteiger partial charge in [0.1, 0.15) is 5.75 Å². The van der Waals surface area contributed by atoms with E-state index in [1.807, 2.05) is 30.3 Å². The summed E-state index contributed by atoms with van der Waals surface area (Å²) in [6, 6.07) is 14.2. The number of carbonyl (C=O) groups is 1. The van der Waals surface area contributed by atoms with Gasteiger partial charge >= 0.3 is 0 Å². The summed E-state index contributed by atoms with van der Waals surface area (Å²) < 4.78 is 5.25. The molecular weight excluding hydrogens is 322 g/mol. The summed E-state index contributed by atoms with van der Waals surface area (Å²) in [7, 11) is 1.67. The first kappa shape index (κ1) is 18.5. The number of carbonyl (C=O) groups excluding carboxylic acids is 1. The molecule has 1 N–H and O–H groups in total. The van der Waals surface area contributed by atoms with Gasteiger partial charge in [-0.25, -0.2) is 0 Å². The van der Waals surface area contributed by atoms with Gasteiger partial charge in [0.2, 0.25) is 0 Å². The van der Waals surface area contributed by atoms with Crippen molar-refractivity contribution in [3.63, 3.8) is 0 Å². The Morgan fingerprint density at radius 1 is 1.04 bits per heavy atom. The predicted octanol–water partition coefficient (Wildman–Crippen LogP) is 5.09. The van der Waals surface area contributed by atoms with Crippen LogP contribution in [-0.2, 0) is 12.8 Å². The van der Waals surface area contributed by atoms with Gasteiger partial charge in [-0.3, -0.25) is 4.79 Å². The molecular formula is C23H29NO2. The zero-order valence-corrected chi connectivity index (χ0v) is 16.0. The molecule has 0 unspecified atom stereocenters. The minimum Gasteiger partial charge on any atom is -0.497 e. The van der Waals surface area contributed by atoms with Crippen LogP contribution in [0.15, 0.2) is 42.5 Å². The Morgan fingerprint density at radius 2 is 1.73 bits per heavy atom. The van der Waals surface area contributed by atoms with Gasteiger partial charge in [0.25, 0.3) is 5.91 Å². The summed E-state index contributed by atoms with van der Waals surface area (Å²) >= 11 is 0. The van der Waals surface area contributed by atoms with Crippen molar-refractivity contribution >= 4 is 5.91 Å². The third-order valence-corrected chi connectivity index (χ3v) is 5.14. The van der Waals surface area contributed by atoms with Crippen molar-refractivity contribution in [1.29, 1.82) is 0 Å². The molecule has 1 aliphatic rings. The molecule has 1 amide bonds. The number of hydrogen-bond acceptors (Lipinski definition) is 2. The van der Waals surface area contributed by atoms with Crippen LogP contribution in [0.1, 0.15) is 66.2 Å². The van der Waals surface area contributed by atoms with Crippen molar-refractivity contribution in [3.8, 4) is 5.75 Å². The molecule has 0 bridgehead atoms. The van der Waals surface area contributed by atoms with Crippen LogP contribution in [0.5, 0.6) is 5.75 Å². The van der Waals surface area contributed by atoms with Crippen molar-refractivity contribution in [3.05, 3.63) is 64.7 Å². The van der Waals surface area contributed by atoms with Crippen molar-refractivity contribution in [2.45, 2.75) is 52.0 Å². The average Bonchev–Trinajstić information content (AvgIpc) is 2.66. The summed E-state index contributed by atoms with van der Waals surface area (Å²) in [4.78, 5) is 12.9. The number of methoxy groups -OCH3 is 1. The Labute approximate surface area is 156 Å². The molecule has 0 aliphatic heterocycles. The summed E-state index contributed by atoms with van der Waals surface area (Å²) in [5.74, 6) is 1.34. The summed E-state index contributed by atoms with van der Waals surface area (Å²) in [6.45, 7) is 4.36. The van der Waals surface area contributed by atoms with Crippen LogP contribution in [0.4, 0.5) is 0 Å². The monoisotopic (exact) mass is 351 g/mol. The van der Waals surface area contributed by atoms with Crippen LogP contribution in [-0.4, -0.2) is 13.0 Å². The molecule has 0 spiro atoms. The third-order valence-electron chi connectivity index (χ3n) is 5.14. The lowest BCUT2D eigenvalue weighted by atomic mass is 9.90. The Morgan fingerprint density at radius 3 is 2.38 bits per heavy atom. The van der Waals surface area contributed by atoms with E-state index in [4.69, 9.17) is 4.74 Å². The first-order valence-corrected chi connectivity index (χ1v) is 9.63. The van der Waals surface area contributed by atoms with E-state index in [1.165, 1.54) is 24.0 Å². The largest absolute Gasteiger partial charge is 0.497 e. The molecule has 138 valence electrons. The van der Waals surface area contributed by atoms with E-state index in [2.05, 4.69) is 31.3 Å². The minimum atomic E-state index is 0.00411. The Balaban J connectivity index is 1.78. The van der Waals surface area contributed by atoms with Crippen LogP contribution >= 0.6 is 0 Å². The lowest BCUT2D eigenvalue weighted by molar-refractivity contribution is 0.0932. The molecule has 3 nitrogen and oxygen atoms in total. The first-order chi connectivity index (χ1) is 12.6. The van der Waals surface area contributed by atoms with Gasteiger partial charge in [-0.1, -0.05) is 32.0 Å². The number of rotatable bonds is 6. The predicted molar refractivity (Wildman–Crippen MR) is 106 cm³/mol. The summed E-state index contributed by atoms with van der Waals surface area (Å²) in [6.07, 6.45) is 5.61. The van der Waals surface area contributed by atoms with E-state index < -0.39 is 0 Å². The van der Waals surface area contributed by atoms with E-state index in [-0.39, 0.29) is 11.9 Å². The zero-order valence-electron chi connectivity index (χ0n) is 16.0. The standard InChI is InChI=1S/C23H29NO2/c1-16(2)14-22(18-10-12-21(26-3)13-11-18)24-23(25)20-9-8-17-6-4-5-7-19(17)15-20/h8-13,15-16,22H,4-7,14H2,1-3H3,(H,24,25)/t22-/m0/s1. The van der Waals surface area contributed by atoms with Gasteiger partial charge < -0.3 is 10.1 Å². The quantitative estimate of drug-likeness (QED) is 0.787. The van der Waals surface area contributed by atoms with Crippen LogP contribution < -0.4 is 10.1 Å². The van der Waals surface area contributed by atoms with E-state index in [1.54, 1.807) is 7.11 Å². The number of benzene rings is 2. The fraction of sp³-hybridized carbons (Fsp3) is 0.435. The fourth-order valence-electron chi connectivity index (χ4n) is 3.70. The second-order valence-corrected chi connectivity index (χ2v) is 7.62. The van der Waals surface area contributed by atoms with Crippen LogP contribution in [0, 0.1) is 5.92 Å². The molecule has 26 heavy (non-hydrogen) atoms. The third kappa shape index (κ3) is 4.46. The SMILES string of the molecule is COc1ccc([C@H](CC(C)C)NC(=O)c2ccc3c(c2)CCCC3)cc1. The highest BCUT2D eigenvalue weighted by molar-refractivity contribution is 5.94. The average molecular weight is 351 g/mol. The maximum Gasteiger partial charge on any atom is 0.251 e. The normalized spacial score (nSPS) is 14.6. The highest BCUT2D eigenvalue weighted by Crippen LogP contribution is 2.25. The van der Waals surface area contributed by atoms with E-state index in [0.717, 1.165) is 36.1 Å². The lowest BCUT2D eigenvalue weighted by Gasteiger charge is -2.22. The molecule has 1 aliphatic carbocycles. The first-order valence-electron chi connectivity index (χ1n) is 9.63. The Hall–Kier alpha value is -2.29. The molecule has 0 saturated heterocycles. The molecule has 2 aromatic rings. The van der Waals surface area contributed by atoms with Gasteiger partial charge in [-0.05, 0) is 79.0 Å². The minimum absolute atomic E-state index is 0.00411. The second-order valence-electron chi connectivity index (χ2n) is 7.62. The molecule has 0 heterocycles. The van der Waals surface area contributed by atoms with Crippen molar-refractivity contribution in [2.75, 3.05) is 7.11 Å². The van der Waals surface area contributed by atoms with Crippen molar-refractivity contribution in [2.24, 2.45) is 5.92 Å². The molecule has 0 fully saturated rings. The summed E-state index contributed by atoms with van der Waals surface area (Å²) in [5.41, 5.74) is 4.63. The molecule has 3 heteroatoms. The van der Waals surface area contributed by atoms with Gasteiger partial charge in [0.15, 0.2) is 0 Å². The maximum atomic E-state index is 12.9. The number of nitrogens with one attached hydrogen (secondary N) is 1. The van der Waals surface area contributed by atoms with Gasteiger partial charge in [0.05, 0.1) is 13.2 Å². The van der Waals surface area contributed by atoms with E-state index in [9.17, 15) is 4.79 Å². The number of ether oxygens (including phenoxy) is 1. The smallest absolute Gasteiger partial charge is 0.251 e. The van der Waals surface area contributed by atoms with Gasteiger partial charge in [-0.2, -0.15) is 0 Å². The maximum absolute atomic E-state index is 12.9. The zero-order chi connectivity index (χ0) is 18.5. The highest BCUT2D eigenvalue weighted by atomic mass is 16.5. The number of amides is 1. The Bertz CT molecular complexity index is 749. The number of fused-ring (bicyclic) bond motifs is 1. The molecule has 1 atom stereocenters. The van der Waals surface area contributed by atoms with Crippen molar-refractivity contribution < 1.29 is 9.53 Å². The molecule has 0 saturated carbocycles. The molecule has 0 aromatic heterocycles.